The number of hydrogen-bond donors (Lipinski definition) is 3. The van der Waals surface area contributed by atoms with E-state index in [1.54, 1.807) is 36.7 Å². The summed E-state index contributed by atoms with van der Waals surface area (Å²) < 4.78 is 13.6. The van der Waals surface area contributed by atoms with Crippen LogP contribution in [0.5, 0.6) is 0 Å². The summed E-state index contributed by atoms with van der Waals surface area (Å²) in [5.74, 6) is -0.656. The number of benzene rings is 1. The first-order valence-electron chi connectivity index (χ1n) is 7.71. The third-order valence-electron chi connectivity index (χ3n) is 3.92. The molecule has 0 aliphatic carbocycles. The van der Waals surface area contributed by atoms with Gasteiger partial charge in [-0.3, -0.25) is 9.89 Å². The van der Waals surface area contributed by atoms with Crippen LogP contribution in [-0.4, -0.2) is 26.1 Å². The highest BCUT2D eigenvalue weighted by Crippen LogP contribution is 2.20. The van der Waals surface area contributed by atoms with E-state index < -0.39 is 0 Å². The van der Waals surface area contributed by atoms with Crippen LogP contribution in [0.15, 0.2) is 54.9 Å². The van der Waals surface area contributed by atoms with E-state index in [1.165, 1.54) is 6.07 Å². The van der Waals surface area contributed by atoms with E-state index in [9.17, 15) is 9.18 Å². The van der Waals surface area contributed by atoms with Gasteiger partial charge < -0.3 is 10.3 Å². The molecule has 124 valence electrons. The summed E-state index contributed by atoms with van der Waals surface area (Å²) in [6, 6.07) is 11.8. The average molecular weight is 335 g/mol. The van der Waals surface area contributed by atoms with Crippen molar-refractivity contribution < 1.29 is 9.18 Å². The zero-order chi connectivity index (χ0) is 17.2. The van der Waals surface area contributed by atoms with Crippen molar-refractivity contribution in [2.75, 3.05) is 0 Å². The molecular weight excluding hydrogens is 321 g/mol. The van der Waals surface area contributed by atoms with Gasteiger partial charge in [-0.15, -0.1) is 0 Å². The van der Waals surface area contributed by atoms with Crippen LogP contribution in [0.2, 0.25) is 0 Å². The van der Waals surface area contributed by atoms with Crippen molar-refractivity contribution in [2.45, 2.75) is 6.54 Å². The standard InChI is InChI=1S/C18H14FN5O/c19-14-4-2-1-3-12(14)8-20-18(25)16-7-11-5-6-15(23-17(11)24-16)13-9-21-22-10-13/h1-7,9-10H,8H2,(H,20,25)(H,21,22)(H,23,24). The first kappa shape index (κ1) is 15.1. The van der Waals surface area contributed by atoms with Crippen molar-refractivity contribution in [1.29, 1.82) is 0 Å². The molecule has 0 atom stereocenters. The van der Waals surface area contributed by atoms with Gasteiger partial charge in [-0.25, -0.2) is 9.37 Å². The van der Waals surface area contributed by atoms with Gasteiger partial charge in [0.15, 0.2) is 0 Å². The molecule has 0 aliphatic heterocycles. The second kappa shape index (κ2) is 6.20. The van der Waals surface area contributed by atoms with E-state index in [0.717, 1.165) is 16.6 Å². The maximum Gasteiger partial charge on any atom is 0.268 e. The van der Waals surface area contributed by atoms with Crippen LogP contribution in [0.3, 0.4) is 0 Å². The number of fused-ring (bicyclic) bond motifs is 1. The maximum absolute atomic E-state index is 13.6. The third-order valence-corrected chi connectivity index (χ3v) is 3.92. The van der Waals surface area contributed by atoms with Crippen LogP contribution in [0, 0.1) is 5.82 Å². The molecule has 0 bridgehead atoms. The van der Waals surface area contributed by atoms with Gasteiger partial charge in [0.05, 0.1) is 11.9 Å². The maximum atomic E-state index is 13.6. The highest BCUT2D eigenvalue weighted by atomic mass is 19.1. The molecule has 0 aliphatic rings. The lowest BCUT2D eigenvalue weighted by atomic mass is 10.2. The molecule has 1 aromatic carbocycles. The van der Waals surface area contributed by atoms with E-state index in [2.05, 4.69) is 25.5 Å². The minimum Gasteiger partial charge on any atom is -0.347 e. The van der Waals surface area contributed by atoms with Gasteiger partial charge in [0.2, 0.25) is 0 Å². The Bertz CT molecular complexity index is 1040. The van der Waals surface area contributed by atoms with Gasteiger partial charge in [0.1, 0.15) is 17.2 Å². The quantitative estimate of drug-likeness (QED) is 0.536. The van der Waals surface area contributed by atoms with Gasteiger partial charge >= 0.3 is 0 Å². The largest absolute Gasteiger partial charge is 0.347 e. The fraction of sp³-hybridized carbons (Fsp3) is 0.0556. The molecule has 3 N–H and O–H groups in total. The van der Waals surface area contributed by atoms with Crippen molar-refractivity contribution >= 4 is 16.9 Å². The highest BCUT2D eigenvalue weighted by Gasteiger charge is 2.12. The molecule has 0 saturated heterocycles. The lowest BCUT2D eigenvalue weighted by Gasteiger charge is -2.04. The van der Waals surface area contributed by atoms with Gasteiger partial charge in [-0.1, -0.05) is 18.2 Å². The minimum atomic E-state index is -0.342. The van der Waals surface area contributed by atoms with E-state index in [1.807, 2.05) is 12.1 Å². The monoisotopic (exact) mass is 335 g/mol. The Morgan fingerprint density at radius 2 is 2.08 bits per heavy atom. The minimum absolute atomic E-state index is 0.120. The highest BCUT2D eigenvalue weighted by molar-refractivity contribution is 5.97. The number of carbonyl (C=O) groups excluding carboxylic acids is 1. The number of aromatic amines is 2. The van der Waals surface area contributed by atoms with Crippen LogP contribution >= 0.6 is 0 Å². The van der Waals surface area contributed by atoms with Gasteiger partial charge in [-0.2, -0.15) is 5.10 Å². The number of amides is 1. The summed E-state index contributed by atoms with van der Waals surface area (Å²) in [5.41, 5.74) is 3.04. The molecule has 4 aromatic rings. The Morgan fingerprint density at radius 3 is 2.88 bits per heavy atom. The number of halogens is 1. The molecule has 3 heterocycles. The van der Waals surface area contributed by atoms with E-state index in [4.69, 9.17) is 0 Å². The Balaban J connectivity index is 1.55. The van der Waals surface area contributed by atoms with Gasteiger partial charge in [0.25, 0.3) is 5.91 Å². The predicted octanol–water partition coefficient (Wildman–Crippen LogP) is 3.02. The molecule has 3 aromatic heterocycles. The number of nitrogens with zero attached hydrogens (tertiary/aromatic N) is 2. The van der Waals surface area contributed by atoms with Gasteiger partial charge in [-0.05, 0) is 24.3 Å². The summed E-state index contributed by atoms with van der Waals surface area (Å²) in [5, 5.41) is 10.2. The molecule has 0 fully saturated rings. The van der Waals surface area contributed by atoms with Crippen molar-refractivity contribution in [2.24, 2.45) is 0 Å². The Morgan fingerprint density at radius 1 is 1.20 bits per heavy atom. The van der Waals surface area contributed by atoms with E-state index >= 15 is 0 Å². The summed E-state index contributed by atoms with van der Waals surface area (Å²) in [7, 11) is 0. The van der Waals surface area contributed by atoms with Crippen LogP contribution in [0.1, 0.15) is 16.1 Å². The van der Waals surface area contributed by atoms with Gasteiger partial charge in [0, 0.05) is 29.3 Å². The fourth-order valence-corrected chi connectivity index (χ4v) is 2.59. The number of H-pyrrole nitrogens is 2. The number of pyridine rings is 1. The Hall–Kier alpha value is -3.48. The number of rotatable bonds is 4. The molecule has 4 rings (SSSR count). The van der Waals surface area contributed by atoms with Crippen LogP contribution in [0.4, 0.5) is 4.39 Å². The number of carbonyl (C=O) groups is 1. The lowest BCUT2D eigenvalue weighted by molar-refractivity contribution is 0.0946. The van der Waals surface area contributed by atoms with Crippen LogP contribution < -0.4 is 5.32 Å². The second-order valence-electron chi connectivity index (χ2n) is 5.58. The predicted molar refractivity (Wildman–Crippen MR) is 91.2 cm³/mol. The second-order valence-corrected chi connectivity index (χ2v) is 5.58. The van der Waals surface area contributed by atoms with Crippen molar-refractivity contribution in [3.05, 3.63) is 71.9 Å². The average Bonchev–Trinajstić information content (AvgIpc) is 3.29. The first-order chi connectivity index (χ1) is 12.2. The molecule has 7 heteroatoms. The lowest BCUT2D eigenvalue weighted by Crippen LogP contribution is -2.23. The normalized spacial score (nSPS) is 10.9. The summed E-state index contributed by atoms with van der Waals surface area (Å²) in [6.45, 7) is 0.120. The topological polar surface area (TPSA) is 86.5 Å². The Labute approximate surface area is 142 Å². The third kappa shape index (κ3) is 2.99. The van der Waals surface area contributed by atoms with Crippen molar-refractivity contribution in [3.63, 3.8) is 0 Å². The van der Waals surface area contributed by atoms with E-state index in [-0.39, 0.29) is 18.3 Å². The number of aromatic nitrogens is 4. The van der Waals surface area contributed by atoms with Crippen LogP contribution in [0.25, 0.3) is 22.3 Å². The Kier molecular flexibility index (Phi) is 3.74. The number of nitrogens with one attached hydrogen (secondary N) is 3. The molecule has 1 amide bonds. The molecule has 0 spiro atoms. The zero-order valence-electron chi connectivity index (χ0n) is 13.1. The molecule has 0 unspecified atom stereocenters. The SMILES string of the molecule is O=C(NCc1ccccc1F)c1cc2ccc(-c3cn[nH]c3)nc2[nH]1. The molecule has 25 heavy (non-hydrogen) atoms. The first-order valence-corrected chi connectivity index (χ1v) is 7.71. The van der Waals surface area contributed by atoms with Crippen molar-refractivity contribution in [3.8, 4) is 11.3 Å². The number of hydrogen-bond acceptors (Lipinski definition) is 3. The molecular formula is C18H14FN5O. The summed E-state index contributed by atoms with van der Waals surface area (Å²) >= 11 is 0. The molecule has 6 nitrogen and oxygen atoms in total. The molecule has 0 saturated carbocycles. The summed E-state index contributed by atoms with van der Waals surface area (Å²) in [6.07, 6.45) is 3.43. The van der Waals surface area contributed by atoms with Crippen molar-refractivity contribution in [1.82, 2.24) is 25.5 Å². The van der Waals surface area contributed by atoms with E-state index in [0.29, 0.717) is 16.9 Å². The molecule has 0 radical (unpaired) electrons. The summed E-state index contributed by atoms with van der Waals surface area (Å²) in [4.78, 5) is 19.8. The fourth-order valence-electron chi connectivity index (χ4n) is 2.59. The smallest absolute Gasteiger partial charge is 0.268 e. The van der Waals surface area contributed by atoms with Crippen LogP contribution in [-0.2, 0) is 6.54 Å². The zero-order valence-corrected chi connectivity index (χ0v) is 13.1.